The highest BCUT2D eigenvalue weighted by molar-refractivity contribution is 6.00. The van der Waals surface area contributed by atoms with E-state index in [9.17, 15) is 0 Å². The van der Waals surface area contributed by atoms with Crippen LogP contribution in [0, 0.1) is 13.8 Å². The third kappa shape index (κ3) is 2.56. The fourth-order valence-electron chi connectivity index (χ4n) is 2.99. The molecule has 1 heterocycles. The predicted octanol–water partition coefficient (Wildman–Crippen LogP) is 5.58. The van der Waals surface area contributed by atoms with Gasteiger partial charge < -0.3 is 0 Å². The number of fused-ring (bicyclic) bond motifs is 1. The van der Waals surface area contributed by atoms with Gasteiger partial charge in [0.15, 0.2) is 0 Å². The van der Waals surface area contributed by atoms with Crippen LogP contribution in [0.25, 0.3) is 33.3 Å². The van der Waals surface area contributed by atoms with Crippen molar-refractivity contribution >= 4 is 11.0 Å². The number of aryl methyl sites for hydroxylation is 2. The average Bonchev–Trinajstić information content (AvgIpc) is 2.62. The smallest absolute Gasteiger partial charge is 0.0971 e. The van der Waals surface area contributed by atoms with Crippen LogP contribution in [0.5, 0.6) is 0 Å². The molecule has 0 N–H and O–H groups in total. The molecule has 24 heavy (non-hydrogen) atoms. The van der Waals surface area contributed by atoms with E-state index in [1.807, 2.05) is 0 Å². The van der Waals surface area contributed by atoms with Crippen molar-refractivity contribution in [2.45, 2.75) is 13.8 Å². The van der Waals surface area contributed by atoms with Gasteiger partial charge in [-0.15, -0.1) is 0 Å². The maximum absolute atomic E-state index is 4.62. The molecule has 0 amide bonds. The summed E-state index contributed by atoms with van der Waals surface area (Å²) in [6.45, 7) is 4.20. The van der Waals surface area contributed by atoms with E-state index >= 15 is 0 Å². The highest BCUT2D eigenvalue weighted by Crippen LogP contribution is 2.33. The van der Waals surface area contributed by atoms with Crippen LogP contribution in [0.1, 0.15) is 11.1 Å². The Labute approximate surface area is 141 Å². The van der Waals surface area contributed by atoms with Gasteiger partial charge in [0.1, 0.15) is 0 Å². The molecular formula is C22H18N2. The van der Waals surface area contributed by atoms with Crippen LogP contribution in [-0.4, -0.2) is 9.97 Å². The molecule has 0 radical (unpaired) electrons. The van der Waals surface area contributed by atoms with Crippen molar-refractivity contribution in [2.24, 2.45) is 0 Å². The molecule has 0 saturated carbocycles. The van der Waals surface area contributed by atoms with E-state index in [-0.39, 0.29) is 0 Å². The van der Waals surface area contributed by atoms with E-state index in [2.05, 4.69) is 84.5 Å². The standard InChI is InChI=1S/C22H18N2/c1-15-3-7-17(8-4-15)19-11-12-20(18-9-5-16(2)6-10-18)22-21(19)23-13-14-24-22/h3-14H,1-2H3. The quantitative estimate of drug-likeness (QED) is 0.483. The number of rotatable bonds is 2. The van der Waals surface area contributed by atoms with Crippen LogP contribution in [-0.2, 0) is 0 Å². The van der Waals surface area contributed by atoms with Gasteiger partial charge in [-0.25, -0.2) is 0 Å². The van der Waals surface area contributed by atoms with Crippen molar-refractivity contribution in [1.82, 2.24) is 9.97 Å². The van der Waals surface area contributed by atoms with E-state index in [0.717, 1.165) is 22.2 Å². The number of aromatic nitrogens is 2. The third-order valence-corrected chi connectivity index (χ3v) is 4.35. The Kier molecular flexibility index (Phi) is 3.58. The SMILES string of the molecule is Cc1ccc(-c2ccc(-c3ccc(C)cc3)c3nccnc23)cc1. The molecule has 3 aromatic carbocycles. The van der Waals surface area contributed by atoms with Gasteiger partial charge >= 0.3 is 0 Å². The molecule has 0 aliphatic heterocycles. The first-order chi connectivity index (χ1) is 11.7. The van der Waals surface area contributed by atoms with Crippen molar-refractivity contribution < 1.29 is 0 Å². The van der Waals surface area contributed by atoms with Crippen LogP contribution in [0.15, 0.2) is 73.1 Å². The van der Waals surface area contributed by atoms with E-state index in [0.29, 0.717) is 0 Å². The number of hydrogen-bond acceptors (Lipinski definition) is 2. The zero-order valence-corrected chi connectivity index (χ0v) is 13.8. The van der Waals surface area contributed by atoms with Gasteiger partial charge in [0.2, 0.25) is 0 Å². The third-order valence-electron chi connectivity index (χ3n) is 4.35. The fourth-order valence-corrected chi connectivity index (χ4v) is 2.99. The monoisotopic (exact) mass is 310 g/mol. The minimum atomic E-state index is 0.944. The molecule has 0 spiro atoms. The first-order valence-corrected chi connectivity index (χ1v) is 8.10. The van der Waals surface area contributed by atoms with Gasteiger partial charge in [-0.1, -0.05) is 71.8 Å². The van der Waals surface area contributed by atoms with Crippen LogP contribution in [0.4, 0.5) is 0 Å². The maximum atomic E-state index is 4.62. The molecule has 0 bridgehead atoms. The summed E-state index contributed by atoms with van der Waals surface area (Å²) in [5, 5.41) is 0. The summed E-state index contributed by atoms with van der Waals surface area (Å²) in [5.74, 6) is 0. The second-order valence-electron chi connectivity index (χ2n) is 6.15. The van der Waals surface area contributed by atoms with Crippen LogP contribution in [0.3, 0.4) is 0 Å². The van der Waals surface area contributed by atoms with Crippen LogP contribution >= 0.6 is 0 Å². The van der Waals surface area contributed by atoms with Crippen molar-refractivity contribution in [3.63, 3.8) is 0 Å². The predicted molar refractivity (Wildman–Crippen MR) is 99.9 cm³/mol. The molecule has 0 unspecified atom stereocenters. The molecule has 0 fully saturated rings. The summed E-state index contributed by atoms with van der Waals surface area (Å²) in [6.07, 6.45) is 3.53. The lowest BCUT2D eigenvalue weighted by atomic mass is 9.96. The Bertz CT molecular complexity index is 916. The Balaban J connectivity index is 1.95. The largest absolute Gasteiger partial charge is 0.252 e. The molecule has 1 aromatic heterocycles. The van der Waals surface area contributed by atoms with Gasteiger partial charge in [-0.3, -0.25) is 9.97 Å². The summed E-state index contributed by atoms with van der Waals surface area (Å²) in [7, 11) is 0. The molecule has 0 atom stereocenters. The Morgan fingerprint density at radius 2 is 0.875 bits per heavy atom. The minimum absolute atomic E-state index is 0.944. The molecule has 0 aliphatic carbocycles. The van der Waals surface area contributed by atoms with E-state index in [4.69, 9.17) is 0 Å². The van der Waals surface area contributed by atoms with Crippen molar-refractivity contribution in [3.8, 4) is 22.3 Å². The van der Waals surface area contributed by atoms with E-state index in [1.54, 1.807) is 12.4 Å². The van der Waals surface area contributed by atoms with Crippen LogP contribution in [0.2, 0.25) is 0 Å². The number of benzene rings is 3. The first kappa shape index (κ1) is 14.6. The highest BCUT2D eigenvalue weighted by Gasteiger charge is 2.11. The number of hydrogen-bond donors (Lipinski definition) is 0. The van der Waals surface area contributed by atoms with Gasteiger partial charge in [-0.05, 0) is 25.0 Å². The molecule has 2 nitrogen and oxygen atoms in total. The van der Waals surface area contributed by atoms with E-state index < -0.39 is 0 Å². The lowest BCUT2D eigenvalue weighted by molar-refractivity contribution is 1.29. The van der Waals surface area contributed by atoms with Gasteiger partial charge in [-0.2, -0.15) is 0 Å². The normalized spacial score (nSPS) is 10.9. The first-order valence-electron chi connectivity index (χ1n) is 8.10. The zero-order valence-electron chi connectivity index (χ0n) is 13.8. The lowest BCUT2D eigenvalue weighted by Crippen LogP contribution is -1.91. The highest BCUT2D eigenvalue weighted by atomic mass is 14.8. The summed E-state index contributed by atoms with van der Waals surface area (Å²) in [5.41, 5.74) is 8.97. The Morgan fingerprint density at radius 1 is 0.500 bits per heavy atom. The number of nitrogens with zero attached hydrogens (tertiary/aromatic N) is 2. The average molecular weight is 310 g/mol. The fraction of sp³-hybridized carbons (Fsp3) is 0.0909. The molecule has 0 saturated heterocycles. The van der Waals surface area contributed by atoms with Crippen molar-refractivity contribution in [1.29, 1.82) is 0 Å². The summed E-state index contributed by atoms with van der Waals surface area (Å²) < 4.78 is 0. The zero-order chi connectivity index (χ0) is 16.5. The second kappa shape index (κ2) is 5.89. The van der Waals surface area contributed by atoms with Gasteiger partial charge in [0, 0.05) is 23.5 Å². The Hall–Kier alpha value is -3.00. The molecule has 4 aromatic rings. The van der Waals surface area contributed by atoms with Crippen molar-refractivity contribution in [2.75, 3.05) is 0 Å². The molecule has 116 valence electrons. The molecule has 2 heteroatoms. The Morgan fingerprint density at radius 3 is 1.25 bits per heavy atom. The summed E-state index contributed by atoms with van der Waals surface area (Å²) >= 11 is 0. The van der Waals surface area contributed by atoms with Crippen LogP contribution < -0.4 is 0 Å². The van der Waals surface area contributed by atoms with Gasteiger partial charge in [0.05, 0.1) is 11.0 Å². The van der Waals surface area contributed by atoms with E-state index in [1.165, 1.54) is 22.3 Å². The van der Waals surface area contributed by atoms with Crippen molar-refractivity contribution in [3.05, 3.63) is 84.2 Å². The summed E-state index contributed by atoms with van der Waals surface area (Å²) in [4.78, 5) is 9.24. The molecule has 4 rings (SSSR count). The molecule has 0 aliphatic rings. The summed E-state index contributed by atoms with van der Waals surface area (Å²) in [6, 6.07) is 21.4. The van der Waals surface area contributed by atoms with Gasteiger partial charge in [0.25, 0.3) is 0 Å². The maximum Gasteiger partial charge on any atom is 0.0971 e. The lowest BCUT2D eigenvalue weighted by Gasteiger charge is -2.11. The molecular weight excluding hydrogens is 292 g/mol. The minimum Gasteiger partial charge on any atom is -0.252 e. The topological polar surface area (TPSA) is 25.8 Å². The second-order valence-corrected chi connectivity index (χ2v) is 6.15.